The van der Waals surface area contributed by atoms with Gasteiger partial charge in [-0.1, -0.05) is 23.7 Å². The highest BCUT2D eigenvalue weighted by Gasteiger charge is 2.22. The minimum Gasteiger partial charge on any atom is -0.281 e. The van der Waals surface area contributed by atoms with Crippen LogP contribution in [0.3, 0.4) is 0 Å². The highest BCUT2D eigenvalue weighted by molar-refractivity contribution is 6.30. The second kappa shape index (κ2) is 5.46. The number of amides is 1. The minimum atomic E-state index is -0.289. The lowest BCUT2D eigenvalue weighted by Gasteiger charge is -1.98. The fourth-order valence-corrected chi connectivity index (χ4v) is 2.51. The van der Waals surface area contributed by atoms with Crippen molar-refractivity contribution >= 4 is 23.7 Å². The van der Waals surface area contributed by atoms with Gasteiger partial charge in [0, 0.05) is 16.3 Å². The molecule has 1 heterocycles. The fraction of sp³-hybridized carbons (Fsp3) is 0.214. The van der Waals surface area contributed by atoms with E-state index in [1.54, 1.807) is 18.3 Å². The average Bonchev–Trinajstić information content (AvgIpc) is 3.00. The van der Waals surface area contributed by atoms with Crippen LogP contribution in [-0.4, -0.2) is 22.3 Å². The number of benzene rings is 1. The van der Waals surface area contributed by atoms with Gasteiger partial charge in [-0.15, -0.1) is 0 Å². The van der Waals surface area contributed by atoms with Crippen molar-refractivity contribution in [3.05, 3.63) is 51.8 Å². The van der Waals surface area contributed by atoms with Crippen molar-refractivity contribution in [1.29, 1.82) is 0 Å². The fourth-order valence-electron chi connectivity index (χ4n) is 2.31. The van der Waals surface area contributed by atoms with Crippen LogP contribution in [0.25, 0.3) is 0 Å². The molecule has 6 heteroatoms. The SMILES string of the molecule is O=C(N/N=C\c1cccc(Cl)c1)c1n[nH]c2c1CCC2. The normalized spacial score (nSPS) is 13.7. The number of hydrogen-bond donors (Lipinski definition) is 2. The molecule has 1 aliphatic rings. The Bertz CT molecular complexity index is 678. The number of hydrogen-bond acceptors (Lipinski definition) is 3. The second-order valence-corrected chi connectivity index (χ2v) is 5.07. The monoisotopic (exact) mass is 288 g/mol. The summed E-state index contributed by atoms with van der Waals surface area (Å²) in [7, 11) is 0. The van der Waals surface area contributed by atoms with E-state index in [1.807, 2.05) is 12.1 Å². The van der Waals surface area contributed by atoms with Crippen molar-refractivity contribution < 1.29 is 4.79 Å². The largest absolute Gasteiger partial charge is 0.292 e. The number of carbonyl (C=O) groups is 1. The number of aromatic amines is 1. The maximum atomic E-state index is 12.0. The number of nitrogens with one attached hydrogen (secondary N) is 2. The summed E-state index contributed by atoms with van der Waals surface area (Å²) in [5.74, 6) is -0.289. The Hall–Kier alpha value is -2.14. The minimum absolute atomic E-state index is 0.289. The van der Waals surface area contributed by atoms with Crippen LogP contribution in [0.15, 0.2) is 29.4 Å². The van der Waals surface area contributed by atoms with Crippen molar-refractivity contribution in [2.24, 2.45) is 5.10 Å². The molecule has 1 aromatic carbocycles. The Morgan fingerprint density at radius 3 is 3.20 bits per heavy atom. The maximum absolute atomic E-state index is 12.0. The van der Waals surface area contributed by atoms with Crippen LogP contribution < -0.4 is 5.43 Å². The van der Waals surface area contributed by atoms with Crippen molar-refractivity contribution in [3.8, 4) is 0 Å². The highest BCUT2D eigenvalue weighted by atomic mass is 35.5. The quantitative estimate of drug-likeness (QED) is 0.672. The predicted molar refractivity (Wildman–Crippen MR) is 77.1 cm³/mol. The number of aromatic nitrogens is 2. The molecule has 0 fully saturated rings. The van der Waals surface area contributed by atoms with Gasteiger partial charge in [0.05, 0.1) is 6.21 Å². The average molecular weight is 289 g/mol. The highest BCUT2D eigenvalue weighted by Crippen LogP contribution is 2.22. The van der Waals surface area contributed by atoms with E-state index in [9.17, 15) is 4.79 Å². The molecule has 0 unspecified atom stereocenters. The van der Waals surface area contributed by atoms with E-state index in [0.717, 1.165) is 36.1 Å². The van der Waals surface area contributed by atoms with E-state index >= 15 is 0 Å². The molecule has 2 N–H and O–H groups in total. The molecule has 0 aliphatic heterocycles. The first-order valence-corrected chi connectivity index (χ1v) is 6.77. The zero-order valence-corrected chi connectivity index (χ0v) is 11.4. The molecule has 1 aliphatic carbocycles. The number of fused-ring (bicyclic) bond motifs is 1. The Morgan fingerprint density at radius 1 is 1.45 bits per heavy atom. The molecular weight excluding hydrogens is 276 g/mol. The van der Waals surface area contributed by atoms with Gasteiger partial charge in [-0.25, -0.2) is 5.43 Å². The molecule has 0 radical (unpaired) electrons. The summed E-state index contributed by atoms with van der Waals surface area (Å²) < 4.78 is 0. The van der Waals surface area contributed by atoms with Crippen LogP contribution >= 0.6 is 11.6 Å². The molecule has 0 spiro atoms. The Morgan fingerprint density at radius 2 is 2.35 bits per heavy atom. The first kappa shape index (κ1) is 12.9. The summed E-state index contributed by atoms with van der Waals surface area (Å²) in [6.45, 7) is 0. The van der Waals surface area contributed by atoms with Crippen LogP contribution in [0.5, 0.6) is 0 Å². The zero-order chi connectivity index (χ0) is 13.9. The summed E-state index contributed by atoms with van der Waals surface area (Å²) in [5, 5.41) is 11.5. The number of rotatable bonds is 3. The summed E-state index contributed by atoms with van der Waals surface area (Å²) in [4.78, 5) is 12.0. The van der Waals surface area contributed by atoms with Gasteiger partial charge in [0.15, 0.2) is 5.69 Å². The number of halogens is 1. The standard InChI is InChI=1S/C14H13ClN4O/c15-10-4-1-3-9(7-10)8-16-19-14(20)13-11-5-2-6-12(11)17-18-13/h1,3-4,7-8H,2,5-6H2,(H,17,18)(H,19,20)/b16-8-. The Balaban J connectivity index is 1.67. The molecule has 2 aromatic rings. The van der Waals surface area contributed by atoms with Gasteiger partial charge in [-0.3, -0.25) is 9.89 Å². The lowest BCUT2D eigenvalue weighted by atomic mass is 10.2. The van der Waals surface area contributed by atoms with Gasteiger partial charge in [0.25, 0.3) is 5.91 Å². The van der Waals surface area contributed by atoms with Crippen molar-refractivity contribution in [3.63, 3.8) is 0 Å². The third-order valence-corrected chi connectivity index (χ3v) is 3.48. The van der Waals surface area contributed by atoms with E-state index in [2.05, 4.69) is 20.7 Å². The van der Waals surface area contributed by atoms with Gasteiger partial charge in [-0.2, -0.15) is 10.2 Å². The zero-order valence-electron chi connectivity index (χ0n) is 10.7. The summed E-state index contributed by atoms with van der Waals surface area (Å²) >= 11 is 5.87. The first-order chi connectivity index (χ1) is 9.74. The topological polar surface area (TPSA) is 70.1 Å². The molecule has 0 atom stereocenters. The molecule has 1 aromatic heterocycles. The van der Waals surface area contributed by atoms with Gasteiger partial charge in [0.2, 0.25) is 0 Å². The molecular formula is C14H13ClN4O. The van der Waals surface area contributed by atoms with E-state index < -0.39 is 0 Å². The van der Waals surface area contributed by atoms with Crippen LogP contribution in [-0.2, 0) is 12.8 Å². The number of carbonyl (C=O) groups excluding carboxylic acids is 1. The molecule has 0 saturated carbocycles. The van der Waals surface area contributed by atoms with Gasteiger partial charge in [0.1, 0.15) is 0 Å². The van der Waals surface area contributed by atoms with Crippen LogP contribution in [0.4, 0.5) is 0 Å². The number of H-pyrrole nitrogens is 1. The maximum Gasteiger partial charge on any atom is 0.292 e. The van der Waals surface area contributed by atoms with Crippen molar-refractivity contribution in [2.45, 2.75) is 19.3 Å². The molecule has 3 rings (SSSR count). The van der Waals surface area contributed by atoms with E-state index in [4.69, 9.17) is 11.6 Å². The van der Waals surface area contributed by atoms with Crippen LogP contribution in [0, 0.1) is 0 Å². The molecule has 5 nitrogen and oxygen atoms in total. The Labute approximate surface area is 121 Å². The number of hydrazone groups is 1. The summed E-state index contributed by atoms with van der Waals surface area (Å²) in [6, 6.07) is 7.23. The number of nitrogens with zero attached hydrogens (tertiary/aromatic N) is 2. The molecule has 1 amide bonds. The Kier molecular flexibility index (Phi) is 3.52. The summed E-state index contributed by atoms with van der Waals surface area (Å²) in [5.41, 5.74) is 5.84. The summed E-state index contributed by atoms with van der Waals surface area (Å²) in [6.07, 6.45) is 4.47. The lowest BCUT2D eigenvalue weighted by molar-refractivity contribution is 0.0949. The second-order valence-electron chi connectivity index (χ2n) is 4.64. The van der Waals surface area contributed by atoms with Gasteiger partial charge >= 0.3 is 0 Å². The van der Waals surface area contributed by atoms with Crippen molar-refractivity contribution in [2.75, 3.05) is 0 Å². The first-order valence-electron chi connectivity index (χ1n) is 6.39. The predicted octanol–water partition coefficient (Wildman–Crippen LogP) is 2.32. The van der Waals surface area contributed by atoms with Crippen LogP contribution in [0.2, 0.25) is 5.02 Å². The number of aryl methyl sites for hydroxylation is 1. The molecule has 20 heavy (non-hydrogen) atoms. The van der Waals surface area contributed by atoms with Crippen LogP contribution in [0.1, 0.15) is 33.7 Å². The lowest BCUT2D eigenvalue weighted by Crippen LogP contribution is -2.19. The van der Waals surface area contributed by atoms with E-state index in [1.165, 1.54) is 0 Å². The van der Waals surface area contributed by atoms with E-state index in [0.29, 0.717) is 10.7 Å². The van der Waals surface area contributed by atoms with Gasteiger partial charge in [-0.05, 0) is 37.0 Å². The van der Waals surface area contributed by atoms with Gasteiger partial charge < -0.3 is 0 Å². The smallest absolute Gasteiger partial charge is 0.281 e. The molecule has 0 saturated heterocycles. The molecule has 102 valence electrons. The van der Waals surface area contributed by atoms with Crippen molar-refractivity contribution in [1.82, 2.24) is 15.6 Å². The third kappa shape index (κ3) is 2.58. The van der Waals surface area contributed by atoms with E-state index in [-0.39, 0.29) is 5.91 Å². The third-order valence-electron chi connectivity index (χ3n) is 3.25. The molecule has 0 bridgehead atoms.